The molecule has 0 spiro atoms. The lowest BCUT2D eigenvalue weighted by atomic mass is 10.2. The minimum atomic E-state index is -3.99. The predicted molar refractivity (Wildman–Crippen MR) is 103 cm³/mol. The van der Waals surface area contributed by atoms with Crippen molar-refractivity contribution in [1.29, 1.82) is 0 Å². The Morgan fingerprint density at radius 2 is 1.89 bits per heavy atom. The smallest absolute Gasteiger partial charge is 0.346 e. The van der Waals surface area contributed by atoms with Crippen molar-refractivity contribution in [1.82, 2.24) is 0 Å². The fraction of sp³-hybridized carbons (Fsp3) is 0.263. The summed E-state index contributed by atoms with van der Waals surface area (Å²) in [7, 11) is -2.81. The van der Waals surface area contributed by atoms with E-state index in [1.165, 1.54) is 30.5 Å². The Kier molecular flexibility index (Phi) is 5.62. The lowest BCUT2D eigenvalue weighted by molar-refractivity contribution is -0.149. The molecule has 0 fully saturated rings. The van der Waals surface area contributed by atoms with E-state index in [4.69, 9.17) is 16.3 Å². The SMILES string of the molecule is COC(=O)C(C)OC(=O)c1ccc(Cl)c(S(=O)(=O)N2CCc3ccccc32)c1. The van der Waals surface area contributed by atoms with Crippen molar-refractivity contribution in [3.8, 4) is 0 Å². The van der Waals surface area contributed by atoms with Gasteiger partial charge in [-0.3, -0.25) is 4.31 Å². The molecule has 2 aromatic rings. The Balaban J connectivity index is 1.94. The Labute approximate surface area is 167 Å². The van der Waals surface area contributed by atoms with E-state index in [1.54, 1.807) is 12.1 Å². The van der Waals surface area contributed by atoms with Crippen LogP contribution in [0.3, 0.4) is 0 Å². The number of rotatable bonds is 5. The summed E-state index contributed by atoms with van der Waals surface area (Å²) >= 11 is 6.14. The van der Waals surface area contributed by atoms with Crippen molar-refractivity contribution in [3.63, 3.8) is 0 Å². The van der Waals surface area contributed by atoms with Crippen LogP contribution in [0, 0.1) is 0 Å². The van der Waals surface area contributed by atoms with E-state index in [1.807, 2.05) is 12.1 Å². The highest BCUT2D eigenvalue weighted by Crippen LogP contribution is 2.35. The van der Waals surface area contributed by atoms with E-state index in [0.29, 0.717) is 12.1 Å². The van der Waals surface area contributed by atoms with Crippen molar-refractivity contribution in [2.24, 2.45) is 0 Å². The maximum Gasteiger partial charge on any atom is 0.346 e. The van der Waals surface area contributed by atoms with Gasteiger partial charge < -0.3 is 9.47 Å². The molecule has 1 aliphatic rings. The van der Waals surface area contributed by atoms with Crippen LogP contribution in [0.25, 0.3) is 0 Å². The van der Waals surface area contributed by atoms with Crippen LogP contribution in [0.5, 0.6) is 0 Å². The molecule has 0 aliphatic carbocycles. The molecule has 1 heterocycles. The van der Waals surface area contributed by atoms with Gasteiger partial charge in [0.15, 0.2) is 6.10 Å². The molecule has 3 rings (SSSR count). The topological polar surface area (TPSA) is 90.0 Å². The van der Waals surface area contributed by atoms with E-state index in [9.17, 15) is 18.0 Å². The average molecular weight is 424 g/mol. The van der Waals surface area contributed by atoms with Crippen LogP contribution in [-0.2, 0) is 30.7 Å². The number of halogens is 1. The van der Waals surface area contributed by atoms with Gasteiger partial charge in [-0.15, -0.1) is 0 Å². The average Bonchev–Trinajstić information content (AvgIpc) is 3.12. The molecule has 0 aromatic heterocycles. The number of hydrogen-bond acceptors (Lipinski definition) is 6. The molecular formula is C19H18ClNO6S. The fourth-order valence-electron chi connectivity index (χ4n) is 2.95. The standard InChI is InChI=1S/C19H18ClNO6S/c1-12(18(22)26-2)27-19(23)14-7-8-15(20)17(11-14)28(24,25)21-10-9-13-5-3-4-6-16(13)21/h3-8,11-12H,9-10H2,1-2H3. The zero-order valence-electron chi connectivity index (χ0n) is 15.2. The summed E-state index contributed by atoms with van der Waals surface area (Å²) < 4.78 is 37.2. The molecule has 0 amide bonds. The van der Waals surface area contributed by atoms with Crippen molar-refractivity contribution in [2.45, 2.75) is 24.3 Å². The number of hydrogen-bond donors (Lipinski definition) is 0. The Hall–Kier alpha value is -2.58. The molecule has 1 aliphatic heterocycles. The molecule has 7 nitrogen and oxygen atoms in total. The van der Waals surface area contributed by atoms with E-state index in [-0.39, 0.29) is 22.0 Å². The normalized spacial score (nSPS) is 14.3. The van der Waals surface area contributed by atoms with Crippen LogP contribution in [0.4, 0.5) is 5.69 Å². The van der Waals surface area contributed by atoms with E-state index in [2.05, 4.69) is 4.74 Å². The number of anilines is 1. The van der Waals surface area contributed by atoms with Crippen molar-refractivity contribution in [2.75, 3.05) is 18.0 Å². The van der Waals surface area contributed by atoms with Gasteiger partial charge in [-0.05, 0) is 43.2 Å². The third-order valence-electron chi connectivity index (χ3n) is 4.40. The first-order valence-electron chi connectivity index (χ1n) is 8.44. The summed E-state index contributed by atoms with van der Waals surface area (Å²) in [5, 5.41) is -0.0121. The lowest BCUT2D eigenvalue weighted by Gasteiger charge is -2.20. The van der Waals surface area contributed by atoms with Crippen molar-refractivity contribution in [3.05, 3.63) is 58.6 Å². The van der Waals surface area contributed by atoms with Gasteiger partial charge >= 0.3 is 11.9 Å². The Morgan fingerprint density at radius 1 is 1.18 bits per heavy atom. The maximum atomic E-state index is 13.2. The molecule has 28 heavy (non-hydrogen) atoms. The molecule has 2 aromatic carbocycles. The fourth-order valence-corrected chi connectivity index (χ4v) is 4.95. The van der Waals surface area contributed by atoms with Crippen molar-refractivity contribution >= 4 is 39.3 Å². The summed E-state index contributed by atoms with van der Waals surface area (Å²) in [4.78, 5) is 23.5. The van der Waals surface area contributed by atoms with Gasteiger partial charge in [0.05, 0.1) is 23.4 Å². The predicted octanol–water partition coefficient (Wildman–Crippen LogP) is 2.81. The molecule has 0 bridgehead atoms. The quantitative estimate of drug-likeness (QED) is 0.687. The zero-order valence-corrected chi connectivity index (χ0v) is 16.8. The van der Waals surface area contributed by atoms with E-state index >= 15 is 0 Å². The second-order valence-corrected chi connectivity index (χ2v) is 8.41. The van der Waals surface area contributed by atoms with Crippen LogP contribution < -0.4 is 4.31 Å². The number of carbonyl (C=O) groups is 2. The number of fused-ring (bicyclic) bond motifs is 1. The van der Waals surface area contributed by atoms with Crippen LogP contribution >= 0.6 is 11.6 Å². The van der Waals surface area contributed by atoms with Crippen LogP contribution in [0.15, 0.2) is 47.4 Å². The van der Waals surface area contributed by atoms with E-state index in [0.717, 1.165) is 11.6 Å². The number of sulfonamides is 1. The van der Waals surface area contributed by atoms with Gasteiger partial charge in [0.1, 0.15) is 4.90 Å². The highest BCUT2D eigenvalue weighted by atomic mass is 35.5. The molecule has 0 N–H and O–H groups in total. The summed E-state index contributed by atoms with van der Waals surface area (Å²) in [6, 6.07) is 11.0. The van der Waals surface area contributed by atoms with Crippen LogP contribution in [0.2, 0.25) is 5.02 Å². The second-order valence-electron chi connectivity index (χ2n) is 6.17. The van der Waals surface area contributed by atoms with Gasteiger partial charge in [0.25, 0.3) is 10.0 Å². The monoisotopic (exact) mass is 423 g/mol. The zero-order chi connectivity index (χ0) is 20.5. The van der Waals surface area contributed by atoms with Crippen molar-refractivity contribution < 1.29 is 27.5 Å². The number of esters is 2. The first-order valence-corrected chi connectivity index (χ1v) is 10.3. The van der Waals surface area contributed by atoms with Gasteiger partial charge in [0, 0.05) is 6.54 Å². The first kappa shape index (κ1) is 20.2. The van der Waals surface area contributed by atoms with Gasteiger partial charge in [-0.1, -0.05) is 29.8 Å². The molecule has 148 valence electrons. The van der Waals surface area contributed by atoms with Gasteiger partial charge in [-0.25, -0.2) is 18.0 Å². The van der Waals surface area contributed by atoms with E-state index < -0.39 is 28.1 Å². The Bertz CT molecular complexity index is 1040. The van der Waals surface area contributed by atoms with Crippen LogP contribution in [0.1, 0.15) is 22.8 Å². The second kappa shape index (κ2) is 7.81. The van der Waals surface area contributed by atoms with Crippen LogP contribution in [-0.4, -0.2) is 40.1 Å². The highest BCUT2D eigenvalue weighted by Gasteiger charge is 2.33. The number of benzene rings is 2. The summed E-state index contributed by atoms with van der Waals surface area (Å²) in [5.41, 5.74) is 1.47. The molecule has 1 unspecified atom stereocenters. The van der Waals surface area contributed by atoms with Gasteiger partial charge in [0.2, 0.25) is 0 Å². The molecule has 9 heteroatoms. The minimum Gasteiger partial charge on any atom is -0.466 e. The third kappa shape index (κ3) is 3.70. The maximum absolute atomic E-state index is 13.2. The Morgan fingerprint density at radius 3 is 2.61 bits per heavy atom. The number of carbonyl (C=O) groups excluding carboxylic acids is 2. The largest absolute Gasteiger partial charge is 0.466 e. The third-order valence-corrected chi connectivity index (χ3v) is 6.69. The molecule has 0 saturated heterocycles. The molecule has 1 atom stereocenters. The molecule has 0 radical (unpaired) electrons. The summed E-state index contributed by atoms with van der Waals surface area (Å²) in [5.74, 6) is -1.57. The lowest BCUT2D eigenvalue weighted by Crippen LogP contribution is -2.29. The summed E-state index contributed by atoms with van der Waals surface area (Å²) in [6.07, 6.45) is -0.538. The number of ether oxygens (including phenoxy) is 2. The number of nitrogens with zero attached hydrogens (tertiary/aromatic N) is 1. The highest BCUT2D eigenvalue weighted by molar-refractivity contribution is 7.93. The minimum absolute atomic E-state index is 0.0121. The number of methoxy groups -OCH3 is 1. The summed E-state index contributed by atoms with van der Waals surface area (Å²) in [6.45, 7) is 1.64. The van der Waals surface area contributed by atoms with Gasteiger partial charge in [-0.2, -0.15) is 0 Å². The molecule has 0 saturated carbocycles. The first-order chi connectivity index (χ1) is 13.3. The number of para-hydroxylation sites is 1. The molecular weight excluding hydrogens is 406 g/mol.